The molecule has 25 heavy (non-hydrogen) atoms. The minimum absolute atomic E-state index is 0. The Morgan fingerprint density at radius 1 is 1.24 bits per heavy atom. The summed E-state index contributed by atoms with van der Waals surface area (Å²) in [4.78, 5) is 14.8. The molecule has 3 N–H and O–H groups in total. The summed E-state index contributed by atoms with van der Waals surface area (Å²) in [5.41, 5.74) is 6.66. The second-order valence-corrected chi connectivity index (χ2v) is 6.12. The maximum absolute atomic E-state index is 12.5. The minimum Gasteiger partial charge on any atom is -0.381 e. The Kier molecular flexibility index (Phi) is 11.9. The van der Waals surface area contributed by atoms with Gasteiger partial charge >= 0.3 is 0 Å². The van der Waals surface area contributed by atoms with Crippen molar-refractivity contribution in [3.63, 3.8) is 0 Å². The van der Waals surface area contributed by atoms with Crippen molar-refractivity contribution in [2.75, 3.05) is 44.3 Å². The first kappa shape index (κ1) is 24.0. The van der Waals surface area contributed by atoms with E-state index >= 15 is 0 Å². The summed E-state index contributed by atoms with van der Waals surface area (Å²) in [6.45, 7) is 6.38. The molecule has 1 aliphatic heterocycles. The van der Waals surface area contributed by atoms with E-state index in [0.29, 0.717) is 26.3 Å². The van der Waals surface area contributed by atoms with Crippen LogP contribution in [0.15, 0.2) is 30.3 Å². The molecule has 0 unspecified atom stereocenters. The molecule has 0 radical (unpaired) electrons. The Morgan fingerprint density at radius 3 is 2.44 bits per heavy atom. The van der Waals surface area contributed by atoms with E-state index in [1.807, 2.05) is 6.07 Å². The van der Waals surface area contributed by atoms with Crippen LogP contribution in [0, 0.1) is 5.41 Å². The van der Waals surface area contributed by atoms with E-state index in [0.717, 1.165) is 32.4 Å². The maximum Gasteiger partial charge on any atom is 0.227 e. The molecule has 1 amide bonds. The van der Waals surface area contributed by atoms with Crippen LogP contribution < -0.4 is 16.0 Å². The van der Waals surface area contributed by atoms with Gasteiger partial charge in [-0.1, -0.05) is 18.2 Å². The van der Waals surface area contributed by atoms with Gasteiger partial charge < -0.3 is 20.7 Å². The SMILES string of the molecule is CCN(CCCNC(=O)C1(CN)CCOCC1)c1ccccc1.Cl.Cl. The highest BCUT2D eigenvalue weighted by Gasteiger charge is 2.38. The molecule has 5 nitrogen and oxygen atoms in total. The van der Waals surface area contributed by atoms with Crippen molar-refractivity contribution < 1.29 is 9.53 Å². The van der Waals surface area contributed by atoms with E-state index in [1.165, 1.54) is 5.69 Å². The predicted molar refractivity (Wildman–Crippen MR) is 108 cm³/mol. The quantitative estimate of drug-likeness (QED) is 0.668. The normalized spacial score (nSPS) is 15.4. The van der Waals surface area contributed by atoms with Crippen LogP contribution in [-0.2, 0) is 9.53 Å². The number of nitrogens with zero attached hydrogens (tertiary/aromatic N) is 1. The summed E-state index contributed by atoms with van der Waals surface area (Å²) in [6.07, 6.45) is 2.37. The van der Waals surface area contributed by atoms with Gasteiger partial charge in [0.1, 0.15) is 0 Å². The van der Waals surface area contributed by atoms with Crippen molar-refractivity contribution in [2.24, 2.45) is 11.1 Å². The fraction of sp³-hybridized carbons (Fsp3) is 0.611. The molecule has 1 aromatic carbocycles. The van der Waals surface area contributed by atoms with Gasteiger partial charge in [-0.2, -0.15) is 0 Å². The van der Waals surface area contributed by atoms with Crippen molar-refractivity contribution in [1.82, 2.24) is 5.32 Å². The van der Waals surface area contributed by atoms with E-state index in [4.69, 9.17) is 10.5 Å². The number of carbonyl (C=O) groups excluding carboxylic acids is 1. The average molecular weight is 392 g/mol. The number of rotatable bonds is 8. The number of anilines is 1. The number of hydrogen-bond acceptors (Lipinski definition) is 4. The first-order valence-electron chi connectivity index (χ1n) is 8.58. The van der Waals surface area contributed by atoms with E-state index in [9.17, 15) is 4.79 Å². The predicted octanol–water partition coefficient (Wildman–Crippen LogP) is 2.62. The molecule has 0 atom stereocenters. The molecule has 144 valence electrons. The number of carbonyl (C=O) groups is 1. The van der Waals surface area contributed by atoms with E-state index in [-0.39, 0.29) is 30.7 Å². The topological polar surface area (TPSA) is 67.6 Å². The van der Waals surface area contributed by atoms with Gasteiger partial charge in [0.2, 0.25) is 5.91 Å². The smallest absolute Gasteiger partial charge is 0.227 e. The molecule has 1 aromatic rings. The van der Waals surface area contributed by atoms with Gasteiger partial charge in [0.05, 0.1) is 5.41 Å². The van der Waals surface area contributed by atoms with Crippen LogP contribution in [0.1, 0.15) is 26.2 Å². The third-order valence-electron chi connectivity index (χ3n) is 4.72. The third-order valence-corrected chi connectivity index (χ3v) is 4.72. The molecule has 0 aliphatic carbocycles. The van der Waals surface area contributed by atoms with Gasteiger partial charge in [0, 0.05) is 45.1 Å². The Bertz CT molecular complexity index is 482. The number of ether oxygens (including phenoxy) is 1. The van der Waals surface area contributed by atoms with Crippen LogP contribution in [0.5, 0.6) is 0 Å². The summed E-state index contributed by atoms with van der Waals surface area (Å²) in [5.74, 6) is 0.0889. The Morgan fingerprint density at radius 2 is 1.88 bits per heavy atom. The Labute approximate surface area is 163 Å². The highest BCUT2D eigenvalue weighted by Crippen LogP contribution is 2.29. The standard InChI is InChI=1S/C18H29N3O2.2ClH/c1-2-21(16-7-4-3-5-8-16)12-6-11-20-17(22)18(15-19)9-13-23-14-10-18;;/h3-5,7-8H,2,6,9-15,19H2,1H3,(H,20,22);2*1H. The van der Waals surface area contributed by atoms with Gasteiger partial charge in [0.25, 0.3) is 0 Å². The molecule has 0 spiro atoms. The number of amides is 1. The lowest BCUT2D eigenvalue weighted by Crippen LogP contribution is -2.49. The number of para-hydroxylation sites is 1. The van der Waals surface area contributed by atoms with E-state index < -0.39 is 5.41 Å². The van der Waals surface area contributed by atoms with Gasteiger partial charge in [-0.3, -0.25) is 4.79 Å². The number of halogens is 2. The Balaban J connectivity index is 0.00000288. The van der Waals surface area contributed by atoms with Crippen molar-refractivity contribution in [3.8, 4) is 0 Å². The molecule has 1 fully saturated rings. The lowest BCUT2D eigenvalue weighted by Gasteiger charge is -2.34. The van der Waals surface area contributed by atoms with Gasteiger partial charge in [0.15, 0.2) is 0 Å². The van der Waals surface area contributed by atoms with Gasteiger partial charge in [-0.25, -0.2) is 0 Å². The molecule has 1 aliphatic rings. The zero-order valence-electron chi connectivity index (χ0n) is 14.9. The third kappa shape index (κ3) is 6.66. The number of nitrogens with two attached hydrogens (primary N) is 1. The summed E-state index contributed by atoms with van der Waals surface area (Å²) < 4.78 is 5.36. The molecule has 1 heterocycles. The van der Waals surface area contributed by atoms with Crippen LogP contribution in [0.25, 0.3) is 0 Å². The number of hydrogen-bond donors (Lipinski definition) is 2. The van der Waals surface area contributed by atoms with Crippen LogP contribution >= 0.6 is 24.8 Å². The average Bonchev–Trinajstić information content (AvgIpc) is 2.63. The van der Waals surface area contributed by atoms with Gasteiger partial charge in [-0.05, 0) is 38.3 Å². The van der Waals surface area contributed by atoms with Crippen LogP contribution in [-0.4, -0.2) is 45.3 Å². The summed E-state index contributed by atoms with van der Waals surface area (Å²) in [7, 11) is 0. The zero-order valence-corrected chi connectivity index (χ0v) is 16.5. The van der Waals surface area contributed by atoms with Crippen molar-refractivity contribution in [1.29, 1.82) is 0 Å². The maximum atomic E-state index is 12.5. The molecule has 2 rings (SSSR count). The molecular formula is C18H31Cl2N3O2. The van der Waals surface area contributed by atoms with Crippen molar-refractivity contribution in [2.45, 2.75) is 26.2 Å². The summed E-state index contributed by atoms with van der Waals surface area (Å²) >= 11 is 0. The van der Waals surface area contributed by atoms with Crippen molar-refractivity contribution >= 4 is 36.4 Å². The van der Waals surface area contributed by atoms with Crippen molar-refractivity contribution in [3.05, 3.63) is 30.3 Å². The van der Waals surface area contributed by atoms with Crippen LogP contribution in [0.3, 0.4) is 0 Å². The first-order valence-corrected chi connectivity index (χ1v) is 8.58. The van der Waals surface area contributed by atoms with Crippen LogP contribution in [0.4, 0.5) is 5.69 Å². The monoisotopic (exact) mass is 391 g/mol. The minimum atomic E-state index is -0.428. The number of nitrogens with one attached hydrogen (secondary N) is 1. The largest absolute Gasteiger partial charge is 0.381 e. The molecule has 7 heteroatoms. The van der Waals surface area contributed by atoms with Gasteiger partial charge in [-0.15, -0.1) is 24.8 Å². The fourth-order valence-corrected chi connectivity index (χ4v) is 3.05. The number of benzene rings is 1. The summed E-state index contributed by atoms with van der Waals surface area (Å²) in [6, 6.07) is 10.4. The molecule has 0 saturated carbocycles. The second kappa shape index (κ2) is 12.4. The molecular weight excluding hydrogens is 361 g/mol. The lowest BCUT2D eigenvalue weighted by molar-refractivity contribution is -0.135. The van der Waals surface area contributed by atoms with Crippen LogP contribution in [0.2, 0.25) is 0 Å². The fourth-order valence-electron chi connectivity index (χ4n) is 3.05. The van der Waals surface area contributed by atoms with E-state index in [2.05, 4.69) is 41.4 Å². The molecule has 0 bridgehead atoms. The second-order valence-electron chi connectivity index (χ2n) is 6.12. The zero-order chi connectivity index (χ0) is 16.5. The van der Waals surface area contributed by atoms with E-state index in [1.54, 1.807) is 0 Å². The highest BCUT2D eigenvalue weighted by molar-refractivity contribution is 5.85. The summed E-state index contributed by atoms with van der Waals surface area (Å²) in [5, 5.41) is 3.07. The molecule has 0 aromatic heterocycles. The lowest BCUT2D eigenvalue weighted by atomic mass is 9.79. The molecule has 1 saturated heterocycles. The highest BCUT2D eigenvalue weighted by atomic mass is 35.5. The first-order chi connectivity index (χ1) is 11.2. The Hall–Kier alpha value is -1.01.